The fraction of sp³-hybridized carbons (Fsp3) is 0.857. The van der Waals surface area contributed by atoms with Crippen molar-refractivity contribution in [2.75, 3.05) is 13.1 Å². The molecule has 0 aromatic carbocycles. The Morgan fingerprint density at radius 2 is 2.20 bits per heavy atom. The molecule has 3 heteroatoms. The summed E-state index contributed by atoms with van der Waals surface area (Å²) in [6.07, 6.45) is 1.93. The Labute approximate surface area is 110 Å². The summed E-state index contributed by atoms with van der Waals surface area (Å²) in [6.45, 7) is 1.78. The van der Waals surface area contributed by atoms with Crippen LogP contribution in [0.25, 0.3) is 5.32 Å². The Balaban J connectivity index is 0.000000500. The third kappa shape index (κ3) is 1.61. The van der Waals surface area contributed by atoms with Crippen molar-refractivity contribution in [3.63, 3.8) is 0 Å². The number of hydrogen-bond donors (Lipinski definition) is 0. The molecule has 0 radical (unpaired) electrons. The summed E-state index contributed by atoms with van der Waals surface area (Å²) in [7, 11) is 0. The molecule has 1 saturated heterocycles. The molecular weight excluding hydrogens is 200 g/mol. The number of Topliss-reactive ketones (excluding diaryl/α,β-unsaturated/α-hetero) is 1. The molecule has 0 amide bonds. The Morgan fingerprint density at radius 3 is 2.90 bits per heavy atom. The van der Waals surface area contributed by atoms with Crippen LogP contribution in [0.4, 0.5) is 0 Å². The van der Waals surface area contributed by atoms with Crippen LogP contribution in [0.2, 0.25) is 0 Å². The molecule has 2 fully saturated rings. The van der Waals surface area contributed by atoms with Crippen LogP contribution in [0.5, 0.6) is 0 Å². The molecule has 1 aliphatic carbocycles. The first kappa shape index (κ1) is 9.52. The second-order valence-corrected chi connectivity index (χ2v) is 2.96. The number of hydrogen-bond acceptors (Lipinski definition) is 1. The number of carbonyl (C=O) groups excluding carboxylic acids is 1. The topological polar surface area (TPSA) is 31.2 Å². The average molecular weight is 210 g/mol. The van der Waals surface area contributed by atoms with E-state index in [1.807, 2.05) is 0 Å². The quantitative estimate of drug-likeness (QED) is 0.453. The number of carbonyl (C=O) groups is 1. The van der Waals surface area contributed by atoms with E-state index in [-0.39, 0.29) is 58.2 Å². The minimum absolute atomic E-state index is 0. The van der Waals surface area contributed by atoms with Gasteiger partial charge in [0.25, 0.3) is 0 Å². The van der Waals surface area contributed by atoms with E-state index < -0.39 is 0 Å². The van der Waals surface area contributed by atoms with Gasteiger partial charge in [0.2, 0.25) is 0 Å². The summed E-state index contributed by atoms with van der Waals surface area (Å²) in [4.78, 5) is 11.0. The molecule has 2 atom stereocenters. The van der Waals surface area contributed by atoms with Crippen LogP contribution in [0.3, 0.4) is 0 Å². The van der Waals surface area contributed by atoms with Crippen LogP contribution in [0, 0.1) is 11.8 Å². The van der Waals surface area contributed by atoms with Crippen molar-refractivity contribution >= 4 is 5.78 Å². The number of nitrogens with zero attached hydrogens (tertiary/aromatic N) is 1. The first-order valence-electron chi connectivity index (χ1n) is 3.54. The monoisotopic (exact) mass is 209 g/mol. The van der Waals surface area contributed by atoms with Crippen LogP contribution < -0.4 is 58.2 Å². The van der Waals surface area contributed by atoms with Crippen LogP contribution in [-0.2, 0) is 4.79 Å². The standard InChI is InChI=1S/C7H10NO.Rb/c9-7-2-1-5-3-8-4-6(5)7;/h5-6H,1-4H2;/q-1;+1. The first-order chi connectivity index (χ1) is 4.38. The van der Waals surface area contributed by atoms with Gasteiger partial charge < -0.3 is 5.32 Å². The molecule has 1 saturated carbocycles. The summed E-state index contributed by atoms with van der Waals surface area (Å²) >= 11 is 0. The molecule has 0 spiro atoms. The minimum atomic E-state index is 0. The molecule has 0 bridgehead atoms. The van der Waals surface area contributed by atoms with Gasteiger partial charge in [-0.3, -0.25) is 4.79 Å². The summed E-state index contributed by atoms with van der Waals surface area (Å²) in [5.74, 6) is 1.43. The molecule has 2 unspecified atom stereocenters. The zero-order valence-electron chi connectivity index (χ0n) is 6.34. The Morgan fingerprint density at radius 1 is 1.40 bits per heavy atom. The normalized spacial score (nSPS) is 37.4. The van der Waals surface area contributed by atoms with E-state index in [1.54, 1.807) is 0 Å². The summed E-state index contributed by atoms with van der Waals surface area (Å²) < 4.78 is 0. The van der Waals surface area contributed by atoms with Gasteiger partial charge in [-0.15, -0.1) is 13.1 Å². The number of fused-ring (bicyclic) bond motifs is 1. The fourth-order valence-electron chi connectivity index (χ4n) is 1.83. The molecule has 1 aliphatic heterocycles. The van der Waals surface area contributed by atoms with Crippen LogP contribution in [-0.4, -0.2) is 18.9 Å². The Bertz CT molecular complexity index is 149. The van der Waals surface area contributed by atoms with E-state index in [9.17, 15) is 4.79 Å². The van der Waals surface area contributed by atoms with Crippen LogP contribution >= 0.6 is 0 Å². The molecule has 0 aromatic heterocycles. The van der Waals surface area contributed by atoms with Crippen molar-refractivity contribution in [1.29, 1.82) is 0 Å². The van der Waals surface area contributed by atoms with Crippen molar-refractivity contribution in [3.8, 4) is 0 Å². The predicted molar refractivity (Wildman–Crippen MR) is 34.3 cm³/mol. The maximum atomic E-state index is 11.0. The Hall–Kier alpha value is 1.44. The van der Waals surface area contributed by atoms with Gasteiger partial charge >= 0.3 is 58.2 Å². The van der Waals surface area contributed by atoms with Crippen molar-refractivity contribution in [1.82, 2.24) is 0 Å². The van der Waals surface area contributed by atoms with Gasteiger partial charge in [-0.1, -0.05) is 5.92 Å². The second-order valence-electron chi connectivity index (χ2n) is 2.96. The number of ketones is 1. The maximum Gasteiger partial charge on any atom is 1.00 e. The number of rotatable bonds is 0. The van der Waals surface area contributed by atoms with Crippen molar-refractivity contribution in [2.45, 2.75) is 12.8 Å². The predicted octanol–water partition coefficient (Wildman–Crippen LogP) is -2.03. The summed E-state index contributed by atoms with van der Waals surface area (Å²) in [5.41, 5.74) is 0. The van der Waals surface area contributed by atoms with E-state index in [0.717, 1.165) is 25.9 Å². The molecule has 1 heterocycles. The zero-order valence-corrected chi connectivity index (χ0v) is 11.3. The second kappa shape index (κ2) is 3.90. The largest absolute Gasteiger partial charge is 1.00 e. The van der Waals surface area contributed by atoms with E-state index >= 15 is 0 Å². The third-order valence-electron chi connectivity index (χ3n) is 2.43. The van der Waals surface area contributed by atoms with Gasteiger partial charge in [0.15, 0.2) is 0 Å². The van der Waals surface area contributed by atoms with Gasteiger partial charge in [-0.25, -0.2) is 0 Å². The van der Waals surface area contributed by atoms with Gasteiger partial charge in [0.05, 0.1) is 0 Å². The SMILES string of the molecule is O=C1CCC2C[N-]CC12.[Rb+]. The van der Waals surface area contributed by atoms with Crippen molar-refractivity contribution < 1.29 is 63.0 Å². The van der Waals surface area contributed by atoms with Crippen LogP contribution in [0.15, 0.2) is 0 Å². The smallest absolute Gasteiger partial charge is 0.661 e. The minimum Gasteiger partial charge on any atom is -0.661 e. The molecular formula is C7H10NORb. The average Bonchev–Trinajstić information content (AvgIpc) is 2.35. The van der Waals surface area contributed by atoms with Gasteiger partial charge in [0, 0.05) is 12.3 Å². The summed E-state index contributed by atoms with van der Waals surface area (Å²) in [6, 6.07) is 0. The van der Waals surface area contributed by atoms with Gasteiger partial charge in [0.1, 0.15) is 5.78 Å². The van der Waals surface area contributed by atoms with E-state index in [0.29, 0.717) is 17.6 Å². The maximum absolute atomic E-state index is 11.0. The Kier molecular flexibility index (Phi) is 3.71. The molecule has 50 valence electrons. The molecule has 10 heavy (non-hydrogen) atoms. The van der Waals surface area contributed by atoms with Crippen LogP contribution in [0.1, 0.15) is 12.8 Å². The molecule has 0 aromatic rings. The van der Waals surface area contributed by atoms with Crippen molar-refractivity contribution in [3.05, 3.63) is 5.32 Å². The fourth-order valence-corrected chi connectivity index (χ4v) is 1.83. The molecule has 2 aliphatic rings. The molecule has 2 nitrogen and oxygen atoms in total. The van der Waals surface area contributed by atoms with Gasteiger partial charge in [-0.2, -0.15) is 0 Å². The molecule has 0 N–H and O–H groups in total. The third-order valence-corrected chi connectivity index (χ3v) is 2.43. The van der Waals surface area contributed by atoms with E-state index in [1.165, 1.54) is 0 Å². The van der Waals surface area contributed by atoms with E-state index in [2.05, 4.69) is 5.32 Å². The van der Waals surface area contributed by atoms with Gasteiger partial charge in [-0.05, 0) is 6.42 Å². The summed E-state index contributed by atoms with van der Waals surface area (Å²) in [5, 5.41) is 4.20. The molecule has 2 rings (SSSR count). The van der Waals surface area contributed by atoms with E-state index in [4.69, 9.17) is 0 Å². The first-order valence-corrected chi connectivity index (χ1v) is 3.54. The van der Waals surface area contributed by atoms with Crippen molar-refractivity contribution in [2.24, 2.45) is 11.8 Å². The zero-order chi connectivity index (χ0) is 6.27.